The second-order valence-corrected chi connectivity index (χ2v) is 4.59. The Morgan fingerprint density at radius 1 is 1.47 bits per heavy atom. The van der Waals surface area contributed by atoms with Crippen molar-refractivity contribution in [2.75, 3.05) is 13.6 Å². The predicted molar refractivity (Wildman–Crippen MR) is 60.7 cm³/mol. The lowest BCUT2D eigenvalue weighted by Crippen LogP contribution is -2.24. The fraction of sp³-hybridized carbons (Fsp3) is 0.917. The first kappa shape index (κ1) is 12.5. The van der Waals surface area contributed by atoms with Crippen LogP contribution in [0.1, 0.15) is 45.4 Å². The highest BCUT2D eigenvalue weighted by Crippen LogP contribution is 2.25. The number of nitrogens with one attached hydrogen (secondary N) is 1. The van der Waals surface area contributed by atoms with Gasteiger partial charge in [-0.2, -0.15) is 0 Å². The molecular weight excluding hydrogens is 190 g/mol. The van der Waals surface area contributed by atoms with Gasteiger partial charge in [-0.15, -0.1) is 0 Å². The number of ether oxygens (including phenoxy) is 1. The minimum Gasteiger partial charge on any atom is -0.462 e. The van der Waals surface area contributed by atoms with E-state index in [4.69, 9.17) is 4.74 Å². The molecule has 3 nitrogen and oxygen atoms in total. The zero-order valence-corrected chi connectivity index (χ0v) is 9.92. The van der Waals surface area contributed by atoms with Crippen LogP contribution in [-0.4, -0.2) is 25.7 Å². The molecule has 0 heterocycles. The average Bonchev–Trinajstić information content (AvgIpc) is 2.18. The summed E-state index contributed by atoms with van der Waals surface area (Å²) in [5.41, 5.74) is 0. The van der Waals surface area contributed by atoms with Gasteiger partial charge in [0.25, 0.3) is 0 Å². The van der Waals surface area contributed by atoms with Gasteiger partial charge in [0.15, 0.2) is 0 Å². The van der Waals surface area contributed by atoms with E-state index in [0.717, 1.165) is 25.8 Å². The number of esters is 1. The topological polar surface area (TPSA) is 38.3 Å². The molecule has 0 radical (unpaired) electrons. The Balaban J connectivity index is 2.13. The van der Waals surface area contributed by atoms with Gasteiger partial charge in [0.05, 0.1) is 0 Å². The van der Waals surface area contributed by atoms with Gasteiger partial charge < -0.3 is 10.1 Å². The molecule has 1 aliphatic rings. The highest BCUT2D eigenvalue weighted by Gasteiger charge is 2.21. The van der Waals surface area contributed by atoms with Crippen LogP contribution in [0.4, 0.5) is 0 Å². The fourth-order valence-corrected chi connectivity index (χ4v) is 2.14. The second-order valence-electron chi connectivity index (χ2n) is 4.59. The summed E-state index contributed by atoms with van der Waals surface area (Å²) in [4.78, 5) is 11.4. The van der Waals surface area contributed by atoms with Crippen molar-refractivity contribution >= 4 is 5.97 Å². The van der Waals surface area contributed by atoms with Crippen LogP contribution in [0.2, 0.25) is 0 Å². The molecule has 15 heavy (non-hydrogen) atoms. The third kappa shape index (κ3) is 5.17. The lowest BCUT2D eigenvalue weighted by molar-refractivity contribution is -0.151. The Morgan fingerprint density at radius 3 is 2.93 bits per heavy atom. The van der Waals surface area contributed by atoms with Gasteiger partial charge in [-0.3, -0.25) is 4.79 Å². The zero-order chi connectivity index (χ0) is 11.1. The summed E-state index contributed by atoms with van der Waals surface area (Å²) >= 11 is 0. The third-order valence-corrected chi connectivity index (χ3v) is 2.99. The summed E-state index contributed by atoms with van der Waals surface area (Å²) < 4.78 is 5.44. The molecule has 0 bridgehead atoms. The van der Waals surface area contributed by atoms with Gasteiger partial charge in [0.2, 0.25) is 0 Å². The van der Waals surface area contributed by atoms with E-state index in [9.17, 15) is 4.79 Å². The van der Waals surface area contributed by atoms with Crippen LogP contribution < -0.4 is 5.32 Å². The first-order valence-corrected chi connectivity index (χ1v) is 6.06. The molecule has 0 aromatic rings. The van der Waals surface area contributed by atoms with E-state index in [-0.39, 0.29) is 12.1 Å². The standard InChI is InChI=1S/C12H23NO2/c1-10-5-3-6-11(9-10)15-12(14)7-4-8-13-2/h10-11,13H,3-9H2,1-2H3. The van der Waals surface area contributed by atoms with Crippen molar-refractivity contribution in [3.05, 3.63) is 0 Å². The molecule has 88 valence electrons. The van der Waals surface area contributed by atoms with Gasteiger partial charge in [-0.25, -0.2) is 0 Å². The van der Waals surface area contributed by atoms with E-state index in [1.165, 1.54) is 12.8 Å². The van der Waals surface area contributed by atoms with E-state index < -0.39 is 0 Å². The number of carbonyl (C=O) groups is 1. The second kappa shape index (κ2) is 6.83. The maximum Gasteiger partial charge on any atom is 0.306 e. The third-order valence-electron chi connectivity index (χ3n) is 2.99. The summed E-state index contributed by atoms with van der Waals surface area (Å²) in [6, 6.07) is 0. The molecule has 1 rings (SSSR count). The summed E-state index contributed by atoms with van der Waals surface area (Å²) in [5.74, 6) is 0.693. The van der Waals surface area contributed by atoms with E-state index in [2.05, 4.69) is 12.2 Å². The predicted octanol–water partition coefficient (Wildman–Crippen LogP) is 2.11. The lowest BCUT2D eigenvalue weighted by Gasteiger charge is -2.26. The lowest BCUT2D eigenvalue weighted by atomic mass is 9.89. The highest BCUT2D eigenvalue weighted by molar-refractivity contribution is 5.69. The Hall–Kier alpha value is -0.570. The number of hydrogen-bond acceptors (Lipinski definition) is 3. The quantitative estimate of drug-likeness (QED) is 0.561. The number of hydrogen-bond donors (Lipinski definition) is 1. The molecule has 0 aromatic heterocycles. The van der Waals surface area contributed by atoms with Crippen LogP contribution in [0, 0.1) is 5.92 Å². The minimum absolute atomic E-state index is 0.0237. The van der Waals surface area contributed by atoms with E-state index in [1.54, 1.807) is 0 Å². The maximum absolute atomic E-state index is 11.4. The SMILES string of the molecule is CNCCCC(=O)OC1CCCC(C)C1. The smallest absolute Gasteiger partial charge is 0.306 e. The normalized spacial score (nSPS) is 26.3. The highest BCUT2D eigenvalue weighted by atomic mass is 16.5. The van der Waals surface area contributed by atoms with Crippen molar-refractivity contribution < 1.29 is 9.53 Å². The van der Waals surface area contributed by atoms with Gasteiger partial charge in [-0.05, 0) is 45.2 Å². The fourth-order valence-electron chi connectivity index (χ4n) is 2.14. The Morgan fingerprint density at radius 2 is 2.27 bits per heavy atom. The molecule has 0 amide bonds. The average molecular weight is 213 g/mol. The van der Waals surface area contributed by atoms with Gasteiger partial charge in [0.1, 0.15) is 6.10 Å². The van der Waals surface area contributed by atoms with Crippen molar-refractivity contribution in [3.8, 4) is 0 Å². The molecule has 1 saturated carbocycles. The van der Waals surface area contributed by atoms with Crippen molar-refractivity contribution in [2.24, 2.45) is 5.92 Å². The Kier molecular flexibility index (Phi) is 5.69. The summed E-state index contributed by atoms with van der Waals surface area (Å²) in [7, 11) is 1.90. The Labute approximate surface area is 92.6 Å². The summed E-state index contributed by atoms with van der Waals surface area (Å²) in [6.45, 7) is 3.12. The first-order valence-electron chi connectivity index (χ1n) is 6.06. The number of rotatable bonds is 5. The number of carbonyl (C=O) groups excluding carboxylic acids is 1. The molecule has 0 aliphatic heterocycles. The van der Waals surface area contributed by atoms with Crippen LogP contribution in [0.5, 0.6) is 0 Å². The molecule has 0 saturated heterocycles. The van der Waals surface area contributed by atoms with Gasteiger partial charge >= 0.3 is 5.97 Å². The van der Waals surface area contributed by atoms with E-state index in [0.29, 0.717) is 12.3 Å². The maximum atomic E-state index is 11.4. The monoisotopic (exact) mass is 213 g/mol. The van der Waals surface area contributed by atoms with Gasteiger partial charge in [0, 0.05) is 6.42 Å². The summed E-state index contributed by atoms with van der Waals surface area (Å²) in [5, 5.41) is 3.03. The van der Waals surface area contributed by atoms with Crippen LogP contribution >= 0.6 is 0 Å². The van der Waals surface area contributed by atoms with Crippen molar-refractivity contribution in [1.82, 2.24) is 5.32 Å². The van der Waals surface area contributed by atoms with Crippen molar-refractivity contribution in [3.63, 3.8) is 0 Å². The van der Waals surface area contributed by atoms with Crippen LogP contribution in [0.15, 0.2) is 0 Å². The van der Waals surface area contributed by atoms with E-state index >= 15 is 0 Å². The van der Waals surface area contributed by atoms with Gasteiger partial charge in [-0.1, -0.05) is 13.3 Å². The molecule has 1 N–H and O–H groups in total. The first-order chi connectivity index (χ1) is 7.22. The molecule has 0 spiro atoms. The largest absolute Gasteiger partial charge is 0.462 e. The molecule has 2 atom stereocenters. The van der Waals surface area contributed by atoms with Crippen molar-refractivity contribution in [1.29, 1.82) is 0 Å². The molecule has 1 aliphatic carbocycles. The molecule has 2 unspecified atom stereocenters. The van der Waals surface area contributed by atoms with E-state index in [1.807, 2.05) is 7.05 Å². The Bertz CT molecular complexity index is 194. The van der Waals surface area contributed by atoms with Crippen molar-refractivity contribution in [2.45, 2.75) is 51.6 Å². The molecule has 1 fully saturated rings. The van der Waals surface area contributed by atoms with Crippen LogP contribution in [0.3, 0.4) is 0 Å². The minimum atomic E-state index is -0.0237. The molecule has 3 heteroatoms. The van der Waals surface area contributed by atoms with Crippen LogP contribution in [0.25, 0.3) is 0 Å². The van der Waals surface area contributed by atoms with Crippen LogP contribution in [-0.2, 0) is 9.53 Å². The zero-order valence-electron chi connectivity index (χ0n) is 9.92. The molecular formula is C12H23NO2. The molecule has 0 aromatic carbocycles. The summed E-state index contributed by atoms with van der Waals surface area (Å²) in [6.07, 6.45) is 6.21.